The number of rotatable bonds is 5. The Morgan fingerprint density at radius 1 is 1.44 bits per heavy atom. The van der Waals surface area contributed by atoms with E-state index in [-0.39, 0.29) is 0 Å². The second-order valence-corrected chi connectivity index (χ2v) is 5.37. The highest BCUT2D eigenvalue weighted by Crippen LogP contribution is 2.07. The Morgan fingerprint density at radius 2 is 2.00 bits per heavy atom. The van der Waals surface area contributed by atoms with Crippen LogP contribution in [0.1, 0.15) is 27.2 Å². The molecule has 2 amide bonds. The molecule has 0 heterocycles. The summed E-state index contributed by atoms with van der Waals surface area (Å²) in [6.45, 7) is 5.27. The first-order valence-corrected chi connectivity index (χ1v) is 6.43. The van der Waals surface area contributed by atoms with Crippen LogP contribution in [0, 0.1) is 0 Å². The van der Waals surface area contributed by atoms with Gasteiger partial charge in [-0.15, -0.1) is 0 Å². The lowest BCUT2D eigenvalue weighted by Gasteiger charge is -2.22. The van der Waals surface area contributed by atoms with E-state index >= 15 is 0 Å². The molecule has 3 N–H and O–H groups in total. The molecule has 0 fully saturated rings. The fraction of sp³-hybridized carbons (Fsp3) is 0.800. The number of alkyl carbamates (subject to hydrolysis) is 1. The van der Waals surface area contributed by atoms with Gasteiger partial charge in [-0.05, 0) is 39.2 Å². The lowest BCUT2D eigenvalue weighted by atomic mass is 10.2. The van der Waals surface area contributed by atoms with Crippen LogP contribution in [-0.4, -0.2) is 35.7 Å². The Hall–Kier alpha value is -0.910. The maximum Gasteiger partial charge on any atom is 0.408 e. The number of carbonyl (C=O) groups excluding carboxylic acids is 2. The minimum Gasteiger partial charge on any atom is -0.444 e. The second kappa shape index (κ2) is 6.62. The monoisotopic (exact) mass is 248 g/mol. The van der Waals surface area contributed by atoms with Crippen molar-refractivity contribution in [3.05, 3.63) is 0 Å². The Kier molecular flexibility index (Phi) is 6.25. The second-order valence-electron chi connectivity index (χ2n) is 4.38. The van der Waals surface area contributed by atoms with Gasteiger partial charge in [0.2, 0.25) is 5.91 Å². The topological polar surface area (TPSA) is 81.4 Å². The van der Waals surface area contributed by atoms with Gasteiger partial charge in [-0.1, -0.05) is 0 Å². The van der Waals surface area contributed by atoms with Gasteiger partial charge in [-0.3, -0.25) is 4.79 Å². The van der Waals surface area contributed by atoms with E-state index < -0.39 is 23.6 Å². The van der Waals surface area contributed by atoms with Crippen molar-refractivity contribution in [2.75, 3.05) is 12.0 Å². The third-order valence-corrected chi connectivity index (χ3v) is 2.29. The molecule has 0 aliphatic rings. The third kappa shape index (κ3) is 7.39. The van der Waals surface area contributed by atoms with E-state index in [2.05, 4.69) is 5.32 Å². The molecule has 16 heavy (non-hydrogen) atoms. The van der Waals surface area contributed by atoms with Gasteiger partial charge in [0.05, 0.1) is 0 Å². The van der Waals surface area contributed by atoms with Crippen LogP contribution < -0.4 is 11.1 Å². The Labute approximate surface area is 100 Å². The summed E-state index contributed by atoms with van der Waals surface area (Å²) in [6, 6.07) is -0.665. The zero-order chi connectivity index (χ0) is 12.8. The number of thioether (sulfide) groups is 1. The molecule has 6 heteroatoms. The zero-order valence-electron chi connectivity index (χ0n) is 10.2. The van der Waals surface area contributed by atoms with Crippen LogP contribution in [0.25, 0.3) is 0 Å². The van der Waals surface area contributed by atoms with Gasteiger partial charge in [-0.2, -0.15) is 11.8 Å². The maximum absolute atomic E-state index is 11.4. The highest BCUT2D eigenvalue weighted by atomic mass is 32.2. The predicted molar refractivity (Wildman–Crippen MR) is 65.4 cm³/mol. The number of hydrogen-bond donors (Lipinski definition) is 2. The number of hydrogen-bond acceptors (Lipinski definition) is 4. The standard InChI is InChI=1S/C10H20N2O3S/c1-10(2,3)15-9(14)12-7(8(11)13)5-6-16-4/h7H,5-6H2,1-4H3,(H2,11,13)(H,12,14)/t7-/m0/s1. The Bertz CT molecular complexity index is 251. The number of amides is 2. The number of carbonyl (C=O) groups is 2. The largest absolute Gasteiger partial charge is 0.444 e. The molecule has 0 saturated heterocycles. The average Bonchev–Trinajstić information content (AvgIpc) is 2.08. The SMILES string of the molecule is CSCC[C@H](NC(=O)OC(C)(C)C)C(N)=O. The van der Waals surface area contributed by atoms with Crippen LogP contribution in [0.3, 0.4) is 0 Å². The van der Waals surface area contributed by atoms with Gasteiger partial charge >= 0.3 is 6.09 Å². The van der Waals surface area contributed by atoms with E-state index in [1.165, 1.54) is 0 Å². The Morgan fingerprint density at radius 3 is 2.38 bits per heavy atom. The average molecular weight is 248 g/mol. The number of primary amides is 1. The Balaban J connectivity index is 4.19. The van der Waals surface area contributed by atoms with Crippen molar-refractivity contribution in [2.24, 2.45) is 5.73 Å². The summed E-state index contributed by atoms with van der Waals surface area (Å²) in [4.78, 5) is 22.4. The summed E-state index contributed by atoms with van der Waals surface area (Å²) < 4.78 is 5.03. The first kappa shape index (κ1) is 15.1. The smallest absolute Gasteiger partial charge is 0.408 e. The van der Waals surface area contributed by atoms with E-state index in [4.69, 9.17) is 10.5 Å². The fourth-order valence-electron chi connectivity index (χ4n) is 0.971. The van der Waals surface area contributed by atoms with Crippen molar-refractivity contribution in [3.8, 4) is 0 Å². The van der Waals surface area contributed by atoms with E-state index in [1.807, 2.05) is 6.26 Å². The summed E-state index contributed by atoms with van der Waals surface area (Å²) in [5.41, 5.74) is 4.59. The summed E-state index contributed by atoms with van der Waals surface area (Å²) in [7, 11) is 0. The normalized spacial score (nSPS) is 13.0. The molecule has 1 atom stereocenters. The van der Waals surface area contributed by atoms with Crippen molar-refractivity contribution in [2.45, 2.75) is 38.8 Å². The van der Waals surface area contributed by atoms with Gasteiger partial charge in [-0.25, -0.2) is 4.79 Å². The molecular weight excluding hydrogens is 228 g/mol. The summed E-state index contributed by atoms with van der Waals surface area (Å²) >= 11 is 1.59. The highest BCUT2D eigenvalue weighted by Gasteiger charge is 2.22. The molecule has 0 saturated carbocycles. The van der Waals surface area contributed by atoms with Crippen LogP contribution in [-0.2, 0) is 9.53 Å². The van der Waals surface area contributed by atoms with Crippen LogP contribution in [0.5, 0.6) is 0 Å². The molecule has 0 aromatic carbocycles. The molecular formula is C10H20N2O3S. The first-order chi connectivity index (χ1) is 7.26. The molecule has 0 aliphatic carbocycles. The summed E-state index contributed by atoms with van der Waals surface area (Å²) in [6.07, 6.45) is 1.82. The number of ether oxygens (including phenoxy) is 1. The summed E-state index contributed by atoms with van der Waals surface area (Å²) in [5.74, 6) is 0.212. The van der Waals surface area contributed by atoms with Gasteiger partial charge < -0.3 is 15.8 Å². The van der Waals surface area contributed by atoms with Crippen LogP contribution in [0.4, 0.5) is 4.79 Å². The van der Waals surface area contributed by atoms with Crippen molar-refractivity contribution in [3.63, 3.8) is 0 Å². The van der Waals surface area contributed by atoms with Crippen molar-refractivity contribution in [1.82, 2.24) is 5.32 Å². The van der Waals surface area contributed by atoms with Crippen molar-refractivity contribution >= 4 is 23.8 Å². The molecule has 94 valence electrons. The van der Waals surface area contributed by atoms with E-state index in [0.29, 0.717) is 6.42 Å². The minimum atomic E-state index is -0.665. The predicted octanol–water partition coefficient (Wildman–Crippen LogP) is 1.12. The molecule has 0 aliphatic heterocycles. The molecule has 0 rings (SSSR count). The maximum atomic E-state index is 11.4. The van der Waals surface area contributed by atoms with Gasteiger partial charge in [0, 0.05) is 0 Å². The fourth-order valence-corrected chi connectivity index (χ4v) is 1.44. The zero-order valence-corrected chi connectivity index (χ0v) is 11.0. The lowest BCUT2D eigenvalue weighted by molar-refractivity contribution is -0.120. The van der Waals surface area contributed by atoms with Gasteiger partial charge in [0.15, 0.2) is 0 Å². The lowest BCUT2D eigenvalue weighted by Crippen LogP contribution is -2.46. The molecule has 0 bridgehead atoms. The van der Waals surface area contributed by atoms with Crippen molar-refractivity contribution < 1.29 is 14.3 Å². The summed E-state index contributed by atoms with van der Waals surface area (Å²) in [5, 5.41) is 2.46. The molecule has 0 radical (unpaired) electrons. The first-order valence-electron chi connectivity index (χ1n) is 5.04. The number of nitrogens with one attached hydrogen (secondary N) is 1. The number of nitrogens with two attached hydrogens (primary N) is 1. The van der Waals surface area contributed by atoms with Crippen LogP contribution >= 0.6 is 11.8 Å². The molecule has 0 spiro atoms. The quantitative estimate of drug-likeness (QED) is 0.764. The minimum absolute atomic E-state index is 0.510. The van der Waals surface area contributed by atoms with Gasteiger partial charge in [0.25, 0.3) is 0 Å². The van der Waals surface area contributed by atoms with Crippen LogP contribution in [0.15, 0.2) is 0 Å². The molecule has 0 unspecified atom stereocenters. The van der Waals surface area contributed by atoms with E-state index in [0.717, 1.165) is 5.75 Å². The van der Waals surface area contributed by atoms with Gasteiger partial charge in [0.1, 0.15) is 11.6 Å². The van der Waals surface area contributed by atoms with Crippen LogP contribution in [0.2, 0.25) is 0 Å². The van der Waals surface area contributed by atoms with Crippen molar-refractivity contribution in [1.29, 1.82) is 0 Å². The molecule has 0 aromatic heterocycles. The molecule has 5 nitrogen and oxygen atoms in total. The highest BCUT2D eigenvalue weighted by molar-refractivity contribution is 7.98. The third-order valence-electron chi connectivity index (χ3n) is 1.65. The van der Waals surface area contributed by atoms with E-state index in [1.54, 1.807) is 32.5 Å². The molecule has 0 aromatic rings. The van der Waals surface area contributed by atoms with E-state index in [9.17, 15) is 9.59 Å².